The molecule has 1 aromatic carbocycles. The zero-order valence-electron chi connectivity index (χ0n) is 8.49. The quantitative estimate of drug-likeness (QED) is 0.743. The van der Waals surface area contributed by atoms with Crippen LogP contribution in [0, 0.1) is 6.92 Å². The highest BCUT2D eigenvalue weighted by Crippen LogP contribution is 2.21. The number of hydrogen-bond donors (Lipinski definition) is 1. The number of nitrogens with zero attached hydrogens (tertiary/aromatic N) is 1. The van der Waals surface area contributed by atoms with Gasteiger partial charge in [0.1, 0.15) is 0 Å². The third-order valence-corrected chi connectivity index (χ3v) is 2.40. The average molecular weight is 186 g/mol. The number of rotatable bonds is 1. The normalized spacial score (nSPS) is 13.1. The first-order valence-electron chi connectivity index (χ1n) is 4.80. The summed E-state index contributed by atoms with van der Waals surface area (Å²) in [5.41, 5.74) is 9.12. The lowest BCUT2D eigenvalue weighted by molar-refractivity contribution is 0.826. The molecule has 1 atom stereocenters. The summed E-state index contributed by atoms with van der Waals surface area (Å²) in [4.78, 5) is 4.46. The lowest BCUT2D eigenvalue weighted by Gasteiger charge is -2.09. The van der Waals surface area contributed by atoms with E-state index in [2.05, 4.69) is 17.1 Å². The van der Waals surface area contributed by atoms with Gasteiger partial charge in [-0.3, -0.25) is 4.98 Å². The SMILES string of the molecule is Cc1ccc2c(C(C)N)cccc2n1. The van der Waals surface area contributed by atoms with Gasteiger partial charge in [-0.05, 0) is 31.5 Å². The van der Waals surface area contributed by atoms with E-state index in [0.29, 0.717) is 0 Å². The average Bonchev–Trinajstić information content (AvgIpc) is 2.16. The fraction of sp³-hybridized carbons (Fsp3) is 0.250. The van der Waals surface area contributed by atoms with Crippen LogP contribution in [0.5, 0.6) is 0 Å². The molecule has 0 spiro atoms. The summed E-state index contributed by atoms with van der Waals surface area (Å²) in [6, 6.07) is 10.3. The van der Waals surface area contributed by atoms with E-state index in [1.165, 1.54) is 0 Å². The molecule has 2 aromatic rings. The Bertz CT molecular complexity index is 461. The molecule has 0 amide bonds. The predicted molar refractivity (Wildman–Crippen MR) is 59.1 cm³/mol. The van der Waals surface area contributed by atoms with Crippen molar-refractivity contribution in [2.45, 2.75) is 19.9 Å². The van der Waals surface area contributed by atoms with Gasteiger partial charge >= 0.3 is 0 Å². The van der Waals surface area contributed by atoms with Crippen LogP contribution < -0.4 is 5.73 Å². The molecule has 2 N–H and O–H groups in total. The maximum Gasteiger partial charge on any atom is 0.0708 e. The van der Waals surface area contributed by atoms with Crippen LogP contribution in [0.2, 0.25) is 0 Å². The number of aryl methyl sites for hydroxylation is 1. The molecule has 2 nitrogen and oxygen atoms in total. The van der Waals surface area contributed by atoms with Crippen molar-refractivity contribution >= 4 is 10.9 Å². The molecular weight excluding hydrogens is 172 g/mol. The summed E-state index contributed by atoms with van der Waals surface area (Å²) in [5.74, 6) is 0. The summed E-state index contributed by atoms with van der Waals surface area (Å²) in [5, 5.41) is 1.16. The Hall–Kier alpha value is -1.41. The van der Waals surface area contributed by atoms with Crippen molar-refractivity contribution in [2.75, 3.05) is 0 Å². The van der Waals surface area contributed by atoms with Crippen molar-refractivity contribution in [3.63, 3.8) is 0 Å². The molecule has 1 aromatic heterocycles. The van der Waals surface area contributed by atoms with Gasteiger partial charge in [-0.15, -0.1) is 0 Å². The summed E-state index contributed by atoms with van der Waals surface area (Å²) < 4.78 is 0. The van der Waals surface area contributed by atoms with Crippen LogP contribution >= 0.6 is 0 Å². The minimum absolute atomic E-state index is 0.0585. The monoisotopic (exact) mass is 186 g/mol. The minimum atomic E-state index is 0.0585. The van der Waals surface area contributed by atoms with E-state index in [0.717, 1.165) is 22.2 Å². The van der Waals surface area contributed by atoms with Crippen LogP contribution in [0.15, 0.2) is 30.3 Å². The van der Waals surface area contributed by atoms with Gasteiger partial charge in [0.15, 0.2) is 0 Å². The van der Waals surface area contributed by atoms with Gasteiger partial charge in [-0.25, -0.2) is 0 Å². The molecule has 0 bridgehead atoms. The second-order valence-corrected chi connectivity index (χ2v) is 3.66. The maximum absolute atomic E-state index is 5.89. The predicted octanol–water partition coefficient (Wildman–Crippen LogP) is 2.56. The lowest BCUT2D eigenvalue weighted by atomic mass is 10.0. The van der Waals surface area contributed by atoms with Crippen molar-refractivity contribution in [1.29, 1.82) is 0 Å². The number of pyridine rings is 1. The van der Waals surface area contributed by atoms with E-state index >= 15 is 0 Å². The third kappa shape index (κ3) is 1.49. The number of benzene rings is 1. The van der Waals surface area contributed by atoms with Crippen molar-refractivity contribution in [3.05, 3.63) is 41.6 Å². The molecule has 72 valence electrons. The Balaban J connectivity index is 2.75. The molecular formula is C12H14N2. The summed E-state index contributed by atoms with van der Waals surface area (Å²) in [6.45, 7) is 3.99. The molecule has 0 fully saturated rings. The van der Waals surface area contributed by atoms with Crippen LogP contribution in [0.1, 0.15) is 24.2 Å². The van der Waals surface area contributed by atoms with Crippen molar-refractivity contribution in [2.24, 2.45) is 5.73 Å². The van der Waals surface area contributed by atoms with Crippen LogP contribution in [-0.2, 0) is 0 Å². The number of aromatic nitrogens is 1. The first kappa shape index (κ1) is 9.16. The molecule has 0 saturated carbocycles. The van der Waals surface area contributed by atoms with Crippen LogP contribution in [0.25, 0.3) is 10.9 Å². The Morgan fingerprint density at radius 1 is 1.21 bits per heavy atom. The molecule has 1 heterocycles. The smallest absolute Gasteiger partial charge is 0.0708 e. The van der Waals surface area contributed by atoms with Crippen LogP contribution in [0.4, 0.5) is 0 Å². The number of nitrogens with two attached hydrogens (primary N) is 1. The van der Waals surface area contributed by atoms with Crippen LogP contribution in [-0.4, -0.2) is 4.98 Å². The summed E-state index contributed by atoms with van der Waals surface area (Å²) in [7, 11) is 0. The van der Waals surface area contributed by atoms with E-state index < -0.39 is 0 Å². The van der Waals surface area contributed by atoms with Gasteiger partial charge in [0.2, 0.25) is 0 Å². The molecule has 2 heteroatoms. The second kappa shape index (κ2) is 3.39. The van der Waals surface area contributed by atoms with Gasteiger partial charge in [0.25, 0.3) is 0 Å². The maximum atomic E-state index is 5.89. The minimum Gasteiger partial charge on any atom is -0.324 e. The molecule has 2 rings (SSSR count). The van der Waals surface area contributed by atoms with Gasteiger partial charge in [0.05, 0.1) is 5.52 Å². The van der Waals surface area contributed by atoms with E-state index in [4.69, 9.17) is 5.73 Å². The Kier molecular flexibility index (Phi) is 2.22. The molecule has 0 radical (unpaired) electrons. The van der Waals surface area contributed by atoms with E-state index in [9.17, 15) is 0 Å². The van der Waals surface area contributed by atoms with Crippen molar-refractivity contribution in [3.8, 4) is 0 Å². The highest BCUT2D eigenvalue weighted by molar-refractivity contribution is 5.82. The van der Waals surface area contributed by atoms with E-state index in [1.807, 2.05) is 32.0 Å². The zero-order valence-corrected chi connectivity index (χ0v) is 8.49. The fourth-order valence-corrected chi connectivity index (χ4v) is 1.68. The summed E-state index contributed by atoms with van der Waals surface area (Å²) >= 11 is 0. The fourth-order valence-electron chi connectivity index (χ4n) is 1.68. The van der Waals surface area contributed by atoms with Gasteiger partial charge < -0.3 is 5.73 Å². The van der Waals surface area contributed by atoms with Crippen LogP contribution in [0.3, 0.4) is 0 Å². The molecule has 14 heavy (non-hydrogen) atoms. The highest BCUT2D eigenvalue weighted by atomic mass is 14.7. The zero-order chi connectivity index (χ0) is 10.1. The van der Waals surface area contributed by atoms with Gasteiger partial charge in [-0.2, -0.15) is 0 Å². The standard InChI is InChI=1S/C12H14N2/c1-8-6-7-11-10(9(2)13)4-3-5-12(11)14-8/h3-7,9H,13H2,1-2H3. The van der Waals surface area contributed by atoms with Crippen molar-refractivity contribution < 1.29 is 0 Å². The largest absolute Gasteiger partial charge is 0.324 e. The Morgan fingerprint density at radius 2 is 2.00 bits per heavy atom. The Morgan fingerprint density at radius 3 is 2.71 bits per heavy atom. The first-order chi connectivity index (χ1) is 6.68. The van der Waals surface area contributed by atoms with E-state index in [-0.39, 0.29) is 6.04 Å². The lowest BCUT2D eigenvalue weighted by Crippen LogP contribution is -2.05. The number of fused-ring (bicyclic) bond motifs is 1. The van der Waals surface area contributed by atoms with Gasteiger partial charge in [0, 0.05) is 17.1 Å². The van der Waals surface area contributed by atoms with Crippen molar-refractivity contribution in [1.82, 2.24) is 4.98 Å². The molecule has 0 aliphatic rings. The highest BCUT2D eigenvalue weighted by Gasteiger charge is 2.04. The molecule has 1 unspecified atom stereocenters. The topological polar surface area (TPSA) is 38.9 Å². The first-order valence-corrected chi connectivity index (χ1v) is 4.80. The van der Waals surface area contributed by atoms with Gasteiger partial charge in [-0.1, -0.05) is 18.2 Å². The molecule has 0 aliphatic carbocycles. The van der Waals surface area contributed by atoms with E-state index in [1.54, 1.807) is 0 Å². The Labute approximate surface area is 83.8 Å². The molecule has 0 saturated heterocycles. The number of hydrogen-bond acceptors (Lipinski definition) is 2. The second-order valence-electron chi connectivity index (χ2n) is 3.66. The third-order valence-electron chi connectivity index (χ3n) is 2.40. The molecule has 0 aliphatic heterocycles. The summed E-state index contributed by atoms with van der Waals surface area (Å²) in [6.07, 6.45) is 0.